The van der Waals surface area contributed by atoms with Crippen molar-refractivity contribution in [3.05, 3.63) is 79.6 Å². The SMILES string of the molecule is C=C(C)C(=O)OCC1CO1.C=C=C.C=Cc1ccccc1C=C. The molecule has 1 aromatic rings. The van der Waals surface area contributed by atoms with E-state index in [1.54, 1.807) is 6.92 Å². The summed E-state index contributed by atoms with van der Waals surface area (Å²) in [5.41, 5.74) is 4.95. The zero-order valence-electron chi connectivity index (χ0n) is 13.7. The summed E-state index contributed by atoms with van der Waals surface area (Å²) < 4.78 is 9.60. The van der Waals surface area contributed by atoms with Crippen LogP contribution in [0.2, 0.25) is 0 Å². The molecular weight excluding hydrogens is 288 g/mol. The van der Waals surface area contributed by atoms with Crippen LogP contribution < -0.4 is 0 Å². The molecule has 1 unspecified atom stereocenters. The van der Waals surface area contributed by atoms with Gasteiger partial charge in [0.2, 0.25) is 0 Å². The van der Waals surface area contributed by atoms with E-state index in [1.165, 1.54) is 0 Å². The molecular formula is C20H24O3. The van der Waals surface area contributed by atoms with Gasteiger partial charge in [0.15, 0.2) is 0 Å². The van der Waals surface area contributed by atoms with Crippen LogP contribution in [0, 0.1) is 0 Å². The number of epoxide rings is 1. The lowest BCUT2D eigenvalue weighted by Gasteiger charge is -1.99. The third kappa shape index (κ3) is 9.86. The van der Waals surface area contributed by atoms with E-state index in [0.29, 0.717) is 18.8 Å². The Morgan fingerprint density at radius 2 is 1.74 bits per heavy atom. The van der Waals surface area contributed by atoms with Gasteiger partial charge in [0.05, 0.1) is 6.61 Å². The summed E-state index contributed by atoms with van der Waals surface area (Å²) in [5, 5.41) is 0. The maximum atomic E-state index is 10.7. The minimum atomic E-state index is -0.337. The zero-order chi connectivity index (χ0) is 17.7. The van der Waals surface area contributed by atoms with Crippen LogP contribution >= 0.6 is 0 Å². The third-order valence-electron chi connectivity index (χ3n) is 2.59. The molecule has 1 aromatic carbocycles. The monoisotopic (exact) mass is 312 g/mol. The van der Waals surface area contributed by atoms with E-state index < -0.39 is 0 Å². The smallest absolute Gasteiger partial charge is 0.333 e. The highest BCUT2D eigenvalue weighted by Gasteiger charge is 2.24. The summed E-state index contributed by atoms with van der Waals surface area (Å²) in [7, 11) is 0. The average molecular weight is 312 g/mol. The van der Waals surface area contributed by atoms with Crippen molar-refractivity contribution in [3.63, 3.8) is 0 Å². The van der Waals surface area contributed by atoms with Gasteiger partial charge in [-0.15, -0.1) is 5.73 Å². The molecule has 1 heterocycles. The Morgan fingerprint density at radius 3 is 2.04 bits per heavy atom. The first-order chi connectivity index (χ1) is 11.0. The van der Waals surface area contributed by atoms with Crippen LogP contribution in [0.3, 0.4) is 0 Å². The first-order valence-electron chi connectivity index (χ1n) is 7.07. The summed E-state index contributed by atoms with van der Waals surface area (Å²) in [6.45, 7) is 19.8. The average Bonchev–Trinajstić information content (AvgIpc) is 3.38. The number of ether oxygens (including phenoxy) is 2. The maximum Gasteiger partial charge on any atom is 0.333 e. The van der Waals surface area contributed by atoms with E-state index in [0.717, 1.165) is 11.1 Å². The topological polar surface area (TPSA) is 38.8 Å². The van der Waals surface area contributed by atoms with Gasteiger partial charge in [0, 0.05) is 5.57 Å². The number of benzene rings is 1. The van der Waals surface area contributed by atoms with Crippen molar-refractivity contribution in [3.8, 4) is 0 Å². The highest BCUT2D eigenvalue weighted by Crippen LogP contribution is 2.10. The van der Waals surface area contributed by atoms with Crippen LogP contribution in [-0.4, -0.2) is 25.3 Å². The number of esters is 1. The minimum absolute atomic E-state index is 0.142. The van der Waals surface area contributed by atoms with Crippen LogP contribution in [0.4, 0.5) is 0 Å². The van der Waals surface area contributed by atoms with Gasteiger partial charge in [0.25, 0.3) is 0 Å². The van der Waals surface area contributed by atoms with Crippen molar-refractivity contribution < 1.29 is 14.3 Å². The van der Waals surface area contributed by atoms with E-state index in [1.807, 2.05) is 36.4 Å². The summed E-state index contributed by atoms with van der Waals surface area (Å²) in [6.07, 6.45) is 3.80. The molecule has 3 heteroatoms. The van der Waals surface area contributed by atoms with Gasteiger partial charge in [-0.25, -0.2) is 4.79 Å². The molecule has 0 saturated carbocycles. The first-order valence-corrected chi connectivity index (χ1v) is 7.07. The molecule has 1 atom stereocenters. The number of hydrogen-bond donors (Lipinski definition) is 0. The Balaban J connectivity index is 0.000000360. The van der Waals surface area contributed by atoms with E-state index in [-0.39, 0.29) is 12.1 Å². The van der Waals surface area contributed by atoms with Crippen molar-refractivity contribution in [2.75, 3.05) is 13.2 Å². The molecule has 0 radical (unpaired) electrons. The normalized spacial score (nSPS) is 13.7. The Labute approximate surface area is 138 Å². The Bertz CT molecular complexity index is 547. The second-order valence-corrected chi connectivity index (χ2v) is 4.62. The second-order valence-electron chi connectivity index (χ2n) is 4.62. The van der Waals surface area contributed by atoms with Gasteiger partial charge in [-0.05, 0) is 18.1 Å². The lowest BCUT2D eigenvalue weighted by atomic mass is 10.1. The largest absolute Gasteiger partial charge is 0.459 e. The summed E-state index contributed by atoms with van der Waals surface area (Å²) in [5.74, 6) is -0.337. The molecule has 0 amide bonds. The lowest BCUT2D eigenvalue weighted by Crippen LogP contribution is -2.09. The van der Waals surface area contributed by atoms with E-state index in [2.05, 4.69) is 38.6 Å². The summed E-state index contributed by atoms with van der Waals surface area (Å²) in [6, 6.07) is 8.02. The first kappa shape index (κ1) is 20.4. The molecule has 122 valence electrons. The second kappa shape index (κ2) is 12.0. The molecule has 0 N–H and O–H groups in total. The third-order valence-corrected chi connectivity index (χ3v) is 2.59. The molecule has 2 rings (SSSR count). The van der Waals surface area contributed by atoms with Crippen LogP contribution in [0.5, 0.6) is 0 Å². The van der Waals surface area contributed by atoms with E-state index in [4.69, 9.17) is 9.47 Å². The number of rotatable bonds is 5. The van der Waals surface area contributed by atoms with Crippen LogP contribution in [0.25, 0.3) is 12.2 Å². The van der Waals surface area contributed by atoms with E-state index in [9.17, 15) is 4.79 Å². The highest BCUT2D eigenvalue weighted by molar-refractivity contribution is 5.86. The van der Waals surface area contributed by atoms with Gasteiger partial charge in [-0.1, -0.05) is 69.3 Å². The number of hydrogen-bond acceptors (Lipinski definition) is 3. The Morgan fingerprint density at radius 1 is 1.30 bits per heavy atom. The Hall–Kier alpha value is -2.61. The fourth-order valence-electron chi connectivity index (χ4n) is 1.34. The predicted molar refractivity (Wildman–Crippen MR) is 96.9 cm³/mol. The fourth-order valence-corrected chi connectivity index (χ4v) is 1.34. The van der Waals surface area contributed by atoms with Gasteiger partial charge in [0.1, 0.15) is 12.7 Å². The van der Waals surface area contributed by atoms with Gasteiger partial charge in [-0.3, -0.25) is 0 Å². The van der Waals surface area contributed by atoms with Crippen LogP contribution in [-0.2, 0) is 14.3 Å². The van der Waals surface area contributed by atoms with Crippen molar-refractivity contribution >= 4 is 18.1 Å². The van der Waals surface area contributed by atoms with Gasteiger partial charge in [-0.2, -0.15) is 0 Å². The van der Waals surface area contributed by atoms with Crippen molar-refractivity contribution in [1.82, 2.24) is 0 Å². The fraction of sp³-hybridized carbons (Fsp3) is 0.200. The lowest BCUT2D eigenvalue weighted by molar-refractivity contribution is -0.139. The summed E-state index contributed by atoms with van der Waals surface area (Å²) >= 11 is 0. The quantitative estimate of drug-likeness (QED) is 0.349. The van der Waals surface area contributed by atoms with E-state index >= 15 is 0 Å². The molecule has 0 aliphatic carbocycles. The van der Waals surface area contributed by atoms with Crippen molar-refractivity contribution in [2.24, 2.45) is 0 Å². The molecule has 1 fully saturated rings. The highest BCUT2D eigenvalue weighted by atomic mass is 16.6. The summed E-state index contributed by atoms with van der Waals surface area (Å²) in [4.78, 5) is 10.7. The standard InChI is InChI=1S/C10H10.C7H10O3.C3H4/c1-3-9-7-5-6-8-10(9)4-2;1-5(2)7(8)10-4-6-3-9-6;1-3-2/h3-8H,1-2H2;6H,1,3-4H2,2H3;1-2H2. The van der Waals surface area contributed by atoms with Crippen molar-refractivity contribution in [1.29, 1.82) is 0 Å². The molecule has 1 aliphatic rings. The maximum absolute atomic E-state index is 10.7. The predicted octanol–water partition coefficient (Wildman–Crippen LogP) is 4.43. The van der Waals surface area contributed by atoms with Crippen LogP contribution in [0.15, 0.2) is 68.5 Å². The van der Waals surface area contributed by atoms with Gasteiger partial charge >= 0.3 is 5.97 Å². The molecule has 1 aliphatic heterocycles. The molecule has 0 aromatic heterocycles. The van der Waals surface area contributed by atoms with Gasteiger partial charge < -0.3 is 9.47 Å². The molecule has 1 saturated heterocycles. The molecule has 0 spiro atoms. The zero-order valence-corrected chi connectivity index (χ0v) is 13.7. The van der Waals surface area contributed by atoms with Crippen molar-refractivity contribution in [2.45, 2.75) is 13.0 Å². The minimum Gasteiger partial charge on any atom is -0.459 e. The molecule has 0 bridgehead atoms. The number of carbonyl (C=O) groups excluding carboxylic acids is 1. The number of carbonyl (C=O) groups is 1. The Kier molecular flexibility index (Phi) is 10.6. The molecule has 3 nitrogen and oxygen atoms in total. The van der Waals surface area contributed by atoms with Crippen LogP contribution in [0.1, 0.15) is 18.1 Å². The molecule has 23 heavy (non-hydrogen) atoms.